The van der Waals surface area contributed by atoms with Gasteiger partial charge in [0.25, 0.3) is 0 Å². The number of unbranched alkanes of at least 4 members (excludes halogenated alkanes) is 4. The lowest BCUT2D eigenvalue weighted by Gasteiger charge is -2.08. The Labute approximate surface area is 87.4 Å². The first-order valence-corrected chi connectivity index (χ1v) is 6.09. The summed E-state index contributed by atoms with van der Waals surface area (Å²) in [6, 6.07) is 0. The quantitative estimate of drug-likeness (QED) is 0.390. The Balaban J connectivity index is 2.06. The summed E-state index contributed by atoms with van der Waals surface area (Å²) in [7, 11) is 0. The fourth-order valence-electron chi connectivity index (χ4n) is 2.34. The van der Waals surface area contributed by atoms with Crippen molar-refractivity contribution in [3.05, 3.63) is 0 Å². The molecule has 2 heteroatoms. The van der Waals surface area contributed by atoms with Crippen LogP contribution < -0.4 is 0 Å². The SMILES string of the molecule is CCCCCCCC1CCCC1=NO. The predicted octanol–water partition coefficient (Wildman–Crippen LogP) is 3.98. The lowest BCUT2D eigenvalue weighted by atomic mass is 9.98. The van der Waals surface area contributed by atoms with Crippen LogP contribution >= 0.6 is 0 Å². The van der Waals surface area contributed by atoms with E-state index in [-0.39, 0.29) is 0 Å². The van der Waals surface area contributed by atoms with Gasteiger partial charge in [-0.25, -0.2) is 0 Å². The summed E-state index contributed by atoms with van der Waals surface area (Å²) in [6.45, 7) is 2.24. The molecule has 0 amide bonds. The molecule has 0 aliphatic heterocycles. The molecule has 1 unspecified atom stereocenters. The number of nitrogens with zero attached hydrogens (tertiary/aromatic N) is 1. The second-order valence-electron chi connectivity index (χ2n) is 4.38. The molecule has 1 aliphatic rings. The molecule has 2 nitrogen and oxygen atoms in total. The minimum Gasteiger partial charge on any atom is -0.411 e. The highest BCUT2D eigenvalue weighted by molar-refractivity contribution is 5.87. The third-order valence-corrected chi connectivity index (χ3v) is 3.24. The van der Waals surface area contributed by atoms with Crippen molar-refractivity contribution in [2.24, 2.45) is 11.1 Å². The zero-order chi connectivity index (χ0) is 10.2. The molecule has 1 aliphatic carbocycles. The van der Waals surface area contributed by atoms with Crippen molar-refractivity contribution < 1.29 is 5.21 Å². The molecule has 0 saturated heterocycles. The first kappa shape index (κ1) is 11.5. The molecule has 1 fully saturated rings. The van der Waals surface area contributed by atoms with Gasteiger partial charge in [0.1, 0.15) is 0 Å². The minimum absolute atomic E-state index is 0.599. The summed E-state index contributed by atoms with van der Waals surface area (Å²) in [5.74, 6) is 0.599. The Bertz CT molecular complexity index is 177. The Morgan fingerprint density at radius 3 is 2.79 bits per heavy atom. The van der Waals surface area contributed by atoms with Crippen molar-refractivity contribution >= 4 is 5.71 Å². The Hall–Kier alpha value is -0.530. The highest BCUT2D eigenvalue weighted by atomic mass is 16.4. The van der Waals surface area contributed by atoms with Crippen LogP contribution in [0.25, 0.3) is 0 Å². The molecule has 0 bridgehead atoms. The molecule has 0 spiro atoms. The zero-order valence-corrected chi connectivity index (χ0v) is 9.34. The lowest BCUT2D eigenvalue weighted by molar-refractivity contribution is 0.314. The van der Waals surface area contributed by atoms with E-state index in [1.807, 2.05) is 0 Å². The Morgan fingerprint density at radius 1 is 1.29 bits per heavy atom. The smallest absolute Gasteiger partial charge is 0.0601 e. The molecule has 1 saturated carbocycles. The van der Waals surface area contributed by atoms with Crippen LogP contribution in [0.5, 0.6) is 0 Å². The van der Waals surface area contributed by atoms with Crippen LogP contribution in [0.4, 0.5) is 0 Å². The highest BCUT2D eigenvalue weighted by Gasteiger charge is 2.22. The van der Waals surface area contributed by atoms with Gasteiger partial charge in [-0.3, -0.25) is 0 Å². The van der Waals surface area contributed by atoms with Gasteiger partial charge in [0, 0.05) is 5.92 Å². The van der Waals surface area contributed by atoms with Gasteiger partial charge in [0.15, 0.2) is 0 Å². The van der Waals surface area contributed by atoms with Gasteiger partial charge in [0.2, 0.25) is 0 Å². The van der Waals surface area contributed by atoms with E-state index in [1.165, 1.54) is 51.4 Å². The molecule has 1 rings (SSSR count). The standard InChI is InChI=1S/C12H23NO/c1-2-3-4-5-6-8-11-9-7-10-12(11)13-14/h11,14H,2-10H2,1H3. The Morgan fingerprint density at radius 2 is 2.07 bits per heavy atom. The lowest BCUT2D eigenvalue weighted by Crippen LogP contribution is -2.06. The molecule has 14 heavy (non-hydrogen) atoms. The van der Waals surface area contributed by atoms with E-state index in [0.717, 1.165) is 12.1 Å². The van der Waals surface area contributed by atoms with E-state index < -0.39 is 0 Å². The van der Waals surface area contributed by atoms with Gasteiger partial charge in [-0.15, -0.1) is 0 Å². The number of rotatable bonds is 6. The second kappa shape index (κ2) is 6.86. The van der Waals surface area contributed by atoms with Gasteiger partial charge in [0.05, 0.1) is 5.71 Å². The summed E-state index contributed by atoms with van der Waals surface area (Å²) in [4.78, 5) is 0. The summed E-state index contributed by atoms with van der Waals surface area (Å²) < 4.78 is 0. The largest absolute Gasteiger partial charge is 0.411 e. The molecular weight excluding hydrogens is 174 g/mol. The van der Waals surface area contributed by atoms with E-state index in [9.17, 15) is 0 Å². The molecule has 0 radical (unpaired) electrons. The van der Waals surface area contributed by atoms with Crippen LogP contribution in [0.15, 0.2) is 5.16 Å². The van der Waals surface area contributed by atoms with Crippen LogP contribution in [-0.2, 0) is 0 Å². The fourth-order valence-corrected chi connectivity index (χ4v) is 2.34. The van der Waals surface area contributed by atoms with E-state index >= 15 is 0 Å². The molecule has 1 atom stereocenters. The molecular formula is C12H23NO. The second-order valence-corrected chi connectivity index (χ2v) is 4.38. The van der Waals surface area contributed by atoms with Crippen molar-refractivity contribution in [3.8, 4) is 0 Å². The highest BCUT2D eigenvalue weighted by Crippen LogP contribution is 2.27. The van der Waals surface area contributed by atoms with Crippen LogP contribution in [0.2, 0.25) is 0 Å². The summed E-state index contributed by atoms with van der Waals surface area (Å²) in [6.07, 6.45) is 11.4. The summed E-state index contributed by atoms with van der Waals surface area (Å²) in [5.41, 5.74) is 1.06. The minimum atomic E-state index is 0.599. The van der Waals surface area contributed by atoms with Gasteiger partial charge >= 0.3 is 0 Å². The number of hydrogen-bond donors (Lipinski definition) is 1. The van der Waals surface area contributed by atoms with E-state index in [4.69, 9.17) is 5.21 Å². The first-order valence-electron chi connectivity index (χ1n) is 6.09. The van der Waals surface area contributed by atoms with Crippen molar-refractivity contribution in [2.75, 3.05) is 0 Å². The van der Waals surface area contributed by atoms with E-state index in [0.29, 0.717) is 5.92 Å². The van der Waals surface area contributed by atoms with E-state index in [1.54, 1.807) is 0 Å². The maximum Gasteiger partial charge on any atom is 0.0601 e. The van der Waals surface area contributed by atoms with Crippen LogP contribution in [-0.4, -0.2) is 10.9 Å². The maximum absolute atomic E-state index is 8.77. The predicted molar refractivity (Wildman–Crippen MR) is 59.9 cm³/mol. The Kier molecular flexibility index (Phi) is 5.65. The van der Waals surface area contributed by atoms with Crippen LogP contribution in [0.3, 0.4) is 0 Å². The molecule has 0 aromatic rings. The third kappa shape index (κ3) is 3.69. The van der Waals surface area contributed by atoms with Crippen molar-refractivity contribution in [1.29, 1.82) is 0 Å². The fraction of sp³-hybridized carbons (Fsp3) is 0.917. The molecule has 0 aromatic heterocycles. The summed E-state index contributed by atoms with van der Waals surface area (Å²) >= 11 is 0. The summed E-state index contributed by atoms with van der Waals surface area (Å²) in [5, 5.41) is 12.2. The van der Waals surface area contributed by atoms with Gasteiger partial charge in [-0.2, -0.15) is 0 Å². The molecule has 1 N–H and O–H groups in total. The maximum atomic E-state index is 8.77. The normalized spacial score (nSPS) is 24.6. The monoisotopic (exact) mass is 197 g/mol. The first-order chi connectivity index (χ1) is 6.88. The average Bonchev–Trinajstić information content (AvgIpc) is 2.65. The average molecular weight is 197 g/mol. The van der Waals surface area contributed by atoms with Crippen LogP contribution in [0, 0.1) is 5.92 Å². The molecule has 0 aromatic carbocycles. The van der Waals surface area contributed by atoms with Gasteiger partial charge in [-0.1, -0.05) is 44.2 Å². The van der Waals surface area contributed by atoms with E-state index in [2.05, 4.69) is 12.1 Å². The molecule has 0 heterocycles. The van der Waals surface area contributed by atoms with Gasteiger partial charge in [-0.05, 0) is 25.7 Å². The van der Waals surface area contributed by atoms with Crippen molar-refractivity contribution in [1.82, 2.24) is 0 Å². The topological polar surface area (TPSA) is 32.6 Å². The van der Waals surface area contributed by atoms with Crippen molar-refractivity contribution in [3.63, 3.8) is 0 Å². The zero-order valence-electron chi connectivity index (χ0n) is 9.34. The van der Waals surface area contributed by atoms with Gasteiger partial charge < -0.3 is 5.21 Å². The molecule has 82 valence electrons. The number of oxime groups is 1. The third-order valence-electron chi connectivity index (χ3n) is 3.24. The van der Waals surface area contributed by atoms with Crippen molar-refractivity contribution in [2.45, 2.75) is 64.7 Å². The number of hydrogen-bond acceptors (Lipinski definition) is 2. The van der Waals surface area contributed by atoms with Crippen LogP contribution in [0.1, 0.15) is 64.7 Å².